The molecular formula is C14H20Cl2N4O4. The van der Waals surface area contributed by atoms with Crippen molar-refractivity contribution in [3.8, 4) is 17.6 Å². The maximum atomic E-state index is 11.1. The van der Waals surface area contributed by atoms with E-state index in [2.05, 4.69) is 11.4 Å². The third kappa shape index (κ3) is 4.85. The Morgan fingerprint density at radius 3 is 2.58 bits per heavy atom. The number of nitriles is 1. The number of nitro groups is 1. The van der Waals surface area contributed by atoms with Crippen LogP contribution in [-0.4, -0.2) is 48.2 Å². The van der Waals surface area contributed by atoms with Crippen LogP contribution < -0.4 is 10.1 Å². The highest BCUT2D eigenvalue weighted by atomic mass is 35.5. The summed E-state index contributed by atoms with van der Waals surface area (Å²) in [6, 6.07) is 4.19. The van der Waals surface area contributed by atoms with Gasteiger partial charge in [-0.3, -0.25) is 15.0 Å². The van der Waals surface area contributed by atoms with Crippen LogP contribution in [0.2, 0.25) is 0 Å². The smallest absolute Gasteiger partial charge is 0.273 e. The molecule has 0 saturated carbocycles. The molecule has 0 bridgehead atoms. The number of nitrogens with zero attached hydrogens (tertiary/aromatic N) is 3. The van der Waals surface area contributed by atoms with Crippen molar-refractivity contribution in [2.75, 3.05) is 33.3 Å². The molecule has 0 radical (unpaired) electrons. The average Bonchev–Trinajstić information content (AvgIpc) is 2.54. The van der Waals surface area contributed by atoms with Crippen LogP contribution in [-0.2, 0) is 0 Å². The fraction of sp³-hybridized carbons (Fsp3) is 0.500. The van der Waals surface area contributed by atoms with E-state index in [0.29, 0.717) is 18.7 Å². The molecule has 24 heavy (non-hydrogen) atoms. The number of ether oxygens (including phenoxy) is 1. The van der Waals surface area contributed by atoms with Gasteiger partial charge in [-0.05, 0) is 0 Å². The van der Waals surface area contributed by atoms with Crippen LogP contribution in [0.4, 0.5) is 5.69 Å². The summed E-state index contributed by atoms with van der Waals surface area (Å²) < 4.78 is 5.02. The second-order valence-corrected chi connectivity index (χ2v) is 5.01. The molecule has 1 aliphatic heterocycles. The van der Waals surface area contributed by atoms with E-state index in [4.69, 9.17) is 10.00 Å². The minimum absolute atomic E-state index is 0. The lowest BCUT2D eigenvalue weighted by atomic mass is 9.99. The minimum Gasteiger partial charge on any atom is -0.504 e. The standard InChI is InChI=1S/C14H18N4O4.2ClH/c1-22-13-9-10(18(20)21)8-11(14(13)19)12(2-3-15)17-6-4-16-5-7-17;;/h8-9,12,16,19H,2,4-7H2,1H3;2*1H/t12-;;/m0../s1. The maximum Gasteiger partial charge on any atom is 0.273 e. The molecule has 8 nitrogen and oxygen atoms in total. The number of halogens is 2. The van der Waals surface area contributed by atoms with Crippen LogP contribution >= 0.6 is 24.8 Å². The van der Waals surface area contributed by atoms with Crippen molar-refractivity contribution in [3.05, 3.63) is 27.8 Å². The van der Waals surface area contributed by atoms with Gasteiger partial charge in [0.25, 0.3) is 5.69 Å². The molecule has 1 saturated heterocycles. The third-order valence-corrected chi connectivity index (χ3v) is 3.76. The predicted octanol–water partition coefficient (Wildman–Crippen LogP) is 2.01. The van der Waals surface area contributed by atoms with Crippen LogP contribution in [0.3, 0.4) is 0 Å². The molecule has 1 aromatic rings. The monoisotopic (exact) mass is 378 g/mol. The molecule has 1 fully saturated rings. The van der Waals surface area contributed by atoms with E-state index >= 15 is 0 Å². The van der Waals surface area contributed by atoms with E-state index < -0.39 is 11.0 Å². The van der Waals surface area contributed by atoms with Gasteiger partial charge in [0, 0.05) is 37.8 Å². The number of methoxy groups -OCH3 is 1. The van der Waals surface area contributed by atoms with Gasteiger partial charge in [0.2, 0.25) is 0 Å². The van der Waals surface area contributed by atoms with Gasteiger partial charge in [-0.2, -0.15) is 5.26 Å². The molecule has 0 unspecified atom stereocenters. The van der Waals surface area contributed by atoms with Crippen molar-refractivity contribution in [2.45, 2.75) is 12.5 Å². The van der Waals surface area contributed by atoms with Crippen LogP contribution in [0, 0.1) is 21.4 Å². The number of nitro benzene ring substituents is 1. The summed E-state index contributed by atoms with van der Waals surface area (Å²) in [6.45, 7) is 2.96. The summed E-state index contributed by atoms with van der Waals surface area (Å²) in [4.78, 5) is 12.6. The third-order valence-electron chi connectivity index (χ3n) is 3.76. The van der Waals surface area contributed by atoms with E-state index in [1.165, 1.54) is 19.2 Å². The van der Waals surface area contributed by atoms with Crippen molar-refractivity contribution >= 4 is 30.5 Å². The van der Waals surface area contributed by atoms with Gasteiger partial charge >= 0.3 is 0 Å². The van der Waals surface area contributed by atoms with Crippen LogP contribution in [0.1, 0.15) is 18.0 Å². The first-order valence-electron chi connectivity index (χ1n) is 6.95. The highest BCUT2D eigenvalue weighted by molar-refractivity contribution is 5.85. The molecule has 2 rings (SSSR count). The highest BCUT2D eigenvalue weighted by Gasteiger charge is 2.28. The van der Waals surface area contributed by atoms with Gasteiger partial charge < -0.3 is 15.2 Å². The highest BCUT2D eigenvalue weighted by Crippen LogP contribution is 2.40. The normalized spacial score (nSPS) is 15.3. The zero-order valence-corrected chi connectivity index (χ0v) is 14.7. The molecule has 1 atom stereocenters. The van der Waals surface area contributed by atoms with Crippen LogP contribution in [0.25, 0.3) is 0 Å². The second-order valence-electron chi connectivity index (χ2n) is 5.01. The van der Waals surface area contributed by atoms with E-state index in [9.17, 15) is 15.2 Å². The summed E-state index contributed by atoms with van der Waals surface area (Å²) >= 11 is 0. The van der Waals surface area contributed by atoms with Crippen molar-refractivity contribution in [3.63, 3.8) is 0 Å². The Morgan fingerprint density at radius 1 is 1.46 bits per heavy atom. The second kappa shape index (κ2) is 10.2. The Hall–Kier alpha value is -1.79. The lowest BCUT2D eigenvalue weighted by Crippen LogP contribution is -2.45. The number of aromatic hydroxyl groups is 1. The van der Waals surface area contributed by atoms with Gasteiger partial charge in [0.15, 0.2) is 11.5 Å². The Labute approximate surface area is 152 Å². The molecule has 134 valence electrons. The molecule has 10 heteroatoms. The first-order chi connectivity index (χ1) is 10.6. The summed E-state index contributed by atoms with van der Waals surface area (Å²) in [5, 5.41) is 33.7. The quantitative estimate of drug-likeness (QED) is 0.595. The number of benzene rings is 1. The number of rotatable bonds is 5. The van der Waals surface area contributed by atoms with E-state index in [1.54, 1.807) is 0 Å². The van der Waals surface area contributed by atoms with Crippen molar-refractivity contribution in [1.29, 1.82) is 5.26 Å². The Bertz CT molecular complexity index is 603. The average molecular weight is 379 g/mol. The lowest BCUT2D eigenvalue weighted by molar-refractivity contribution is -0.385. The molecule has 0 aliphatic carbocycles. The van der Waals surface area contributed by atoms with Crippen LogP contribution in [0.15, 0.2) is 12.1 Å². The first kappa shape index (κ1) is 22.2. The van der Waals surface area contributed by atoms with Crippen molar-refractivity contribution in [2.24, 2.45) is 0 Å². The van der Waals surface area contributed by atoms with Gasteiger partial charge in [-0.25, -0.2) is 0 Å². The maximum absolute atomic E-state index is 11.1. The largest absolute Gasteiger partial charge is 0.504 e. The fourth-order valence-corrected chi connectivity index (χ4v) is 2.65. The van der Waals surface area contributed by atoms with E-state index in [0.717, 1.165) is 13.1 Å². The zero-order chi connectivity index (χ0) is 16.1. The molecule has 0 aromatic heterocycles. The number of non-ortho nitro benzene ring substituents is 1. The molecule has 1 aliphatic rings. The van der Waals surface area contributed by atoms with Gasteiger partial charge in [-0.1, -0.05) is 0 Å². The molecule has 2 N–H and O–H groups in total. The van der Waals surface area contributed by atoms with Gasteiger partial charge in [0.1, 0.15) is 0 Å². The minimum atomic E-state index is -0.535. The van der Waals surface area contributed by atoms with E-state index in [-0.39, 0.29) is 48.4 Å². The number of phenols is 1. The predicted molar refractivity (Wildman–Crippen MR) is 93.2 cm³/mol. The van der Waals surface area contributed by atoms with Gasteiger partial charge in [0.05, 0.1) is 36.6 Å². The number of piperazine rings is 1. The summed E-state index contributed by atoms with van der Waals surface area (Å²) in [5.41, 5.74) is 0.192. The molecular weight excluding hydrogens is 359 g/mol. The topological polar surface area (TPSA) is 112 Å². The lowest BCUT2D eigenvalue weighted by Gasteiger charge is -2.34. The molecule has 0 spiro atoms. The van der Waals surface area contributed by atoms with Crippen LogP contribution in [0.5, 0.6) is 11.5 Å². The first-order valence-corrected chi connectivity index (χ1v) is 6.95. The Kier molecular flexibility index (Phi) is 9.40. The molecule has 0 amide bonds. The Morgan fingerprint density at radius 2 is 2.08 bits per heavy atom. The number of nitrogens with one attached hydrogen (secondary N) is 1. The summed E-state index contributed by atoms with van der Waals surface area (Å²) in [5.74, 6) is -0.103. The Balaban J connectivity index is 0.00000264. The fourth-order valence-electron chi connectivity index (χ4n) is 2.65. The SMILES string of the molecule is COc1cc([N+](=O)[O-])cc([C@H](CC#N)N2CCNCC2)c1O.Cl.Cl. The number of phenolic OH excluding ortho intramolecular Hbond substituents is 1. The van der Waals surface area contributed by atoms with Gasteiger partial charge in [-0.15, -0.1) is 24.8 Å². The number of hydrogen-bond acceptors (Lipinski definition) is 7. The zero-order valence-electron chi connectivity index (χ0n) is 13.1. The van der Waals surface area contributed by atoms with Crippen molar-refractivity contribution < 1.29 is 14.8 Å². The number of hydrogen-bond donors (Lipinski definition) is 2. The molecule has 1 heterocycles. The summed E-state index contributed by atoms with van der Waals surface area (Å²) in [7, 11) is 1.34. The molecule has 1 aromatic carbocycles. The van der Waals surface area contributed by atoms with Crippen molar-refractivity contribution in [1.82, 2.24) is 10.2 Å². The summed E-state index contributed by atoms with van der Waals surface area (Å²) in [6.07, 6.45) is 0.137. The van der Waals surface area contributed by atoms with E-state index in [1.807, 2.05) is 4.90 Å².